The Balaban J connectivity index is 1.56. The van der Waals surface area contributed by atoms with Crippen molar-refractivity contribution in [2.75, 3.05) is 31.0 Å². The van der Waals surface area contributed by atoms with E-state index in [0.29, 0.717) is 24.7 Å². The molecule has 1 aliphatic carbocycles. The molecule has 2 aromatic rings. The van der Waals surface area contributed by atoms with Crippen molar-refractivity contribution in [3.8, 4) is 0 Å². The summed E-state index contributed by atoms with van der Waals surface area (Å²) in [6.07, 6.45) is 4.57. The van der Waals surface area contributed by atoms with Gasteiger partial charge in [-0.05, 0) is 37.7 Å². The Hall–Kier alpha value is -1.43. The Kier molecular flexibility index (Phi) is 6.52. The number of hydrogen-bond acceptors (Lipinski definition) is 8. The number of amides is 1. The number of nitrogens with zero attached hydrogens (tertiary/aromatic N) is 2. The molecule has 1 fully saturated rings. The molecule has 8 nitrogen and oxygen atoms in total. The number of aromatic nitrogens is 2. The molecular formula is C19H25N3O5S3. The van der Waals surface area contributed by atoms with Gasteiger partial charge < -0.3 is 10.1 Å². The summed E-state index contributed by atoms with van der Waals surface area (Å²) in [4.78, 5) is 32.4. The monoisotopic (exact) mass is 471 g/mol. The van der Waals surface area contributed by atoms with Crippen LogP contribution in [0.1, 0.15) is 29.7 Å². The van der Waals surface area contributed by atoms with Gasteiger partial charge in [0.05, 0.1) is 35.8 Å². The molecule has 164 valence electrons. The molecule has 11 heteroatoms. The SMILES string of the molecule is COCCn1c(SCC(=O)NC2CCS(=O)(=O)C2)nc2sc3c(c2c1=O)CCCC3. The first kappa shape index (κ1) is 21.8. The van der Waals surface area contributed by atoms with Crippen molar-refractivity contribution < 1.29 is 17.9 Å². The average Bonchev–Trinajstić information content (AvgIpc) is 3.24. The molecule has 1 saturated heterocycles. The van der Waals surface area contributed by atoms with Gasteiger partial charge in [0.25, 0.3) is 5.56 Å². The lowest BCUT2D eigenvalue weighted by molar-refractivity contribution is -0.119. The molecule has 1 aliphatic heterocycles. The average molecular weight is 472 g/mol. The van der Waals surface area contributed by atoms with E-state index in [4.69, 9.17) is 9.72 Å². The fourth-order valence-electron chi connectivity index (χ4n) is 4.02. The highest BCUT2D eigenvalue weighted by atomic mass is 32.2. The van der Waals surface area contributed by atoms with Crippen LogP contribution in [0.15, 0.2) is 9.95 Å². The van der Waals surface area contributed by atoms with Crippen LogP contribution in [0.3, 0.4) is 0 Å². The summed E-state index contributed by atoms with van der Waals surface area (Å²) in [5.74, 6) is -0.0669. The van der Waals surface area contributed by atoms with Gasteiger partial charge in [0, 0.05) is 18.0 Å². The van der Waals surface area contributed by atoms with Gasteiger partial charge in [0.1, 0.15) is 4.83 Å². The fraction of sp³-hybridized carbons (Fsp3) is 0.632. The molecule has 0 spiro atoms. The second-order valence-electron chi connectivity index (χ2n) is 7.69. The molecule has 1 unspecified atom stereocenters. The first-order valence-corrected chi connectivity index (χ1v) is 13.7. The van der Waals surface area contributed by atoms with Gasteiger partial charge in [0.2, 0.25) is 5.91 Å². The van der Waals surface area contributed by atoms with Gasteiger partial charge in [-0.2, -0.15) is 0 Å². The summed E-state index contributed by atoms with van der Waals surface area (Å²) in [5, 5.41) is 4.00. The fourth-order valence-corrected chi connectivity index (χ4v) is 7.83. The van der Waals surface area contributed by atoms with Crippen molar-refractivity contribution >= 4 is 49.1 Å². The summed E-state index contributed by atoms with van der Waals surface area (Å²) in [6, 6.07) is -0.335. The minimum absolute atomic E-state index is 0.00703. The molecule has 1 N–H and O–H groups in total. The van der Waals surface area contributed by atoms with Crippen LogP contribution in [0.4, 0.5) is 0 Å². The Bertz CT molecular complexity index is 1120. The van der Waals surface area contributed by atoms with Crippen LogP contribution >= 0.6 is 23.1 Å². The molecule has 3 heterocycles. The maximum atomic E-state index is 13.3. The van der Waals surface area contributed by atoms with E-state index in [1.54, 1.807) is 23.0 Å². The number of ether oxygens (including phenoxy) is 1. The number of thioether (sulfide) groups is 1. The molecule has 0 radical (unpaired) electrons. The third-order valence-corrected chi connectivity index (χ3v) is 9.42. The number of hydrogen-bond donors (Lipinski definition) is 1. The Morgan fingerprint density at radius 2 is 2.17 bits per heavy atom. The van der Waals surface area contributed by atoms with E-state index >= 15 is 0 Å². The van der Waals surface area contributed by atoms with Crippen LogP contribution in [0.5, 0.6) is 0 Å². The number of methoxy groups -OCH3 is 1. The van der Waals surface area contributed by atoms with Crippen LogP contribution in [-0.2, 0) is 38.8 Å². The molecule has 4 rings (SSSR count). The molecule has 2 aliphatic rings. The maximum absolute atomic E-state index is 13.3. The van der Waals surface area contributed by atoms with Crippen molar-refractivity contribution in [3.63, 3.8) is 0 Å². The summed E-state index contributed by atoms with van der Waals surface area (Å²) in [7, 11) is -1.47. The smallest absolute Gasteiger partial charge is 0.263 e. The highest BCUT2D eigenvalue weighted by Gasteiger charge is 2.29. The highest BCUT2D eigenvalue weighted by molar-refractivity contribution is 7.99. The van der Waals surface area contributed by atoms with E-state index in [1.165, 1.54) is 16.6 Å². The largest absolute Gasteiger partial charge is 0.383 e. The lowest BCUT2D eigenvalue weighted by atomic mass is 9.97. The van der Waals surface area contributed by atoms with Gasteiger partial charge in [-0.15, -0.1) is 11.3 Å². The number of sulfone groups is 1. The zero-order valence-corrected chi connectivity index (χ0v) is 19.3. The molecule has 0 aromatic carbocycles. The van der Waals surface area contributed by atoms with Crippen molar-refractivity contribution in [2.24, 2.45) is 0 Å². The van der Waals surface area contributed by atoms with Crippen LogP contribution in [0, 0.1) is 0 Å². The number of carbonyl (C=O) groups is 1. The minimum Gasteiger partial charge on any atom is -0.383 e. The molecular weight excluding hydrogens is 446 g/mol. The molecule has 0 saturated carbocycles. The first-order valence-electron chi connectivity index (χ1n) is 10.0. The number of thiophene rings is 1. The highest BCUT2D eigenvalue weighted by Crippen LogP contribution is 2.34. The maximum Gasteiger partial charge on any atom is 0.263 e. The van der Waals surface area contributed by atoms with Gasteiger partial charge >= 0.3 is 0 Å². The summed E-state index contributed by atoms with van der Waals surface area (Å²) in [5.41, 5.74) is 1.07. The third kappa shape index (κ3) is 4.58. The van der Waals surface area contributed by atoms with Gasteiger partial charge in [-0.25, -0.2) is 13.4 Å². The lowest BCUT2D eigenvalue weighted by Crippen LogP contribution is -2.37. The van der Waals surface area contributed by atoms with Crippen LogP contribution in [-0.4, -0.2) is 60.9 Å². The minimum atomic E-state index is -3.05. The van der Waals surface area contributed by atoms with E-state index in [9.17, 15) is 18.0 Å². The van der Waals surface area contributed by atoms with E-state index in [-0.39, 0.29) is 34.8 Å². The number of fused-ring (bicyclic) bond motifs is 3. The van der Waals surface area contributed by atoms with E-state index < -0.39 is 9.84 Å². The molecule has 2 aromatic heterocycles. The summed E-state index contributed by atoms with van der Waals surface area (Å²) < 4.78 is 29.9. The number of rotatable bonds is 7. The zero-order chi connectivity index (χ0) is 21.3. The van der Waals surface area contributed by atoms with E-state index in [0.717, 1.165) is 41.5 Å². The van der Waals surface area contributed by atoms with E-state index in [2.05, 4.69) is 5.32 Å². The molecule has 30 heavy (non-hydrogen) atoms. The standard InChI is InChI=1S/C19H25N3O5S3/c1-27-8-7-22-18(24)16-13-4-2-3-5-14(13)29-17(16)21-19(22)28-10-15(23)20-12-6-9-30(25,26)11-12/h12H,2-11H2,1H3,(H,20,23). The molecule has 1 atom stereocenters. The quantitative estimate of drug-likeness (QED) is 0.480. The van der Waals surface area contributed by atoms with Crippen LogP contribution < -0.4 is 10.9 Å². The van der Waals surface area contributed by atoms with E-state index in [1.807, 2.05) is 0 Å². The second-order valence-corrected chi connectivity index (χ2v) is 11.9. The predicted octanol–water partition coefficient (Wildman–Crippen LogP) is 1.38. The number of nitrogens with one attached hydrogen (secondary N) is 1. The molecule has 0 bridgehead atoms. The van der Waals surface area contributed by atoms with Crippen LogP contribution in [0.2, 0.25) is 0 Å². The predicted molar refractivity (Wildman–Crippen MR) is 118 cm³/mol. The number of carbonyl (C=O) groups excluding carboxylic acids is 1. The van der Waals surface area contributed by atoms with Gasteiger partial charge in [-0.1, -0.05) is 11.8 Å². The Morgan fingerprint density at radius 3 is 2.90 bits per heavy atom. The van der Waals surface area contributed by atoms with Crippen molar-refractivity contribution in [1.82, 2.24) is 14.9 Å². The second kappa shape index (κ2) is 8.97. The summed E-state index contributed by atoms with van der Waals surface area (Å²) >= 11 is 2.79. The third-order valence-electron chi connectivity index (χ3n) is 5.49. The lowest BCUT2D eigenvalue weighted by Gasteiger charge is -2.14. The number of aryl methyl sites for hydroxylation is 2. The van der Waals surface area contributed by atoms with Crippen molar-refractivity contribution in [2.45, 2.75) is 49.8 Å². The van der Waals surface area contributed by atoms with Crippen molar-refractivity contribution in [1.29, 1.82) is 0 Å². The van der Waals surface area contributed by atoms with Crippen molar-refractivity contribution in [3.05, 3.63) is 20.8 Å². The normalized spacial score (nSPS) is 20.4. The zero-order valence-electron chi connectivity index (χ0n) is 16.8. The Morgan fingerprint density at radius 1 is 1.37 bits per heavy atom. The van der Waals surface area contributed by atoms with Crippen LogP contribution in [0.25, 0.3) is 10.2 Å². The first-order chi connectivity index (χ1) is 14.4. The topological polar surface area (TPSA) is 107 Å². The Labute approximate surface area is 183 Å². The summed E-state index contributed by atoms with van der Waals surface area (Å²) in [6.45, 7) is 0.743. The van der Waals surface area contributed by atoms with Gasteiger partial charge in [0.15, 0.2) is 15.0 Å². The molecule has 1 amide bonds. The van der Waals surface area contributed by atoms with Gasteiger partial charge in [-0.3, -0.25) is 14.2 Å².